The smallest absolute Gasteiger partial charge is 0.251 e. The van der Waals surface area contributed by atoms with Gasteiger partial charge in [0.15, 0.2) is 0 Å². The molecule has 2 N–H and O–H groups in total. The summed E-state index contributed by atoms with van der Waals surface area (Å²) in [7, 11) is 2.22. The summed E-state index contributed by atoms with van der Waals surface area (Å²) < 4.78 is 0. The zero-order chi connectivity index (χ0) is 25.8. The number of hydrogen-bond acceptors (Lipinski definition) is 4. The Labute approximate surface area is 215 Å². The number of aromatic hydroxyl groups is 1. The maximum absolute atomic E-state index is 13.4. The Balaban J connectivity index is 1.43. The molecule has 0 bridgehead atoms. The first-order chi connectivity index (χ1) is 17.3. The normalized spacial score (nSPS) is 24.5. The van der Waals surface area contributed by atoms with E-state index in [4.69, 9.17) is 0 Å². The Bertz CT molecular complexity index is 1050. The van der Waals surface area contributed by atoms with Crippen molar-refractivity contribution in [1.82, 2.24) is 15.1 Å². The van der Waals surface area contributed by atoms with E-state index >= 15 is 0 Å². The molecule has 4 rings (SSSR count). The average molecular weight is 492 g/mol. The standard InChI is InChI=1S/C30H41N3O3/c1-5-9-22-18-24(32(4)20(2)3)13-14-27(22)33-17-16-26(30(33)36)31-29(35)23-12-15-28(34)25(19-23)21-10-7-6-8-11-21/h6-8,10-12,15,19-20,22,24,26-27,34H,5,9,13-14,16-18H2,1-4H3,(H,31,35)/t22-,24-,26?,27+/m1/s1. The van der Waals surface area contributed by atoms with E-state index in [1.807, 2.05) is 30.3 Å². The molecule has 1 unspecified atom stereocenters. The van der Waals surface area contributed by atoms with Crippen LogP contribution in [0.5, 0.6) is 5.75 Å². The van der Waals surface area contributed by atoms with Crippen molar-refractivity contribution in [1.29, 1.82) is 0 Å². The minimum absolute atomic E-state index is 0.0483. The SMILES string of the molecule is CCC[C@@H]1C[C@H](N(C)C(C)C)CC[C@@H]1N1CCC(NC(=O)c2ccc(O)c(-c3ccccc3)c2)C1=O. The fraction of sp³-hybridized carbons (Fsp3) is 0.533. The minimum atomic E-state index is -0.496. The molecule has 2 aliphatic rings. The second kappa shape index (κ2) is 11.5. The van der Waals surface area contributed by atoms with Crippen LogP contribution >= 0.6 is 0 Å². The van der Waals surface area contributed by atoms with Crippen molar-refractivity contribution < 1.29 is 14.7 Å². The number of likely N-dealkylation sites (tertiary alicyclic amines) is 1. The van der Waals surface area contributed by atoms with Gasteiger partial charge in [-0.3, -0.25) is 9.59 Å². The highest BCUT2D eigenvalue weighted by molar-refractivity contribution is 5.99. The number of nitrogens with one attached hydrogen (secondary N) is 1. The van der Waals surface area contributed by atoms with Crippen molar-refractivity contribution in [3.05, 3.63) is 54.1 Å². The highest BCUT2D eigenvalue weighted by Crippen LogP contribution is 2.36. The Morgan fingerprint density at radius 2 is 1.89 bits per heavy atom. The van der Waals surface area contributed by atoms with Crippen LogP contribution in [0.2, 0.25) is 0 Å². The van der Waals surface area contributed by atoms with Gasteiger partial charge in [0.2, 0.25) is 5.91 Å². The predicted octanol–water partition coefficient (Wildman–Crippen LogP) is 5.07. The maximum atomic E-state index is 13.4. The predicted molar refractivity (Wildman–Crippen MR) is 144 cm³/mol. The Hall–Kier alpha value is -2.86. The van der Waals surface area contributed by atoms with Crippen LogP contribution in [0.3, 0.4) is 0 Å². The van der Waals surface area contributed by atoms with E-state index in [0.29, 0.717) is 42.1 Å². The van der Waals surface area contributed by atoms with E-state index in [0.717, 1.165) is 37.7 Å². The van der Waals surface area contributed by atoms with Crippen LogP contribution in [0.15, 0.2) is 48.5 Å². The van der Waals surface area contributed by atoms with Crippen molar-refractivity contribution in [3.63, 3.8) is 0 Å². The third-order valence-corrected chi connectivity index (χ3v) is 8.25. The molecular weight excluding hydrogens is 450 g/mol. The number of nitrogens with zero attached hydrogens (tertiary/aromatic N) is 2. The van der Waals surface area contributed by atoms with E-state index in [1.54, 1.807) is 18.2 Å². The molecule has 0 spiro atoms. The number of benzene rings is 2. The number of rotatable bonds is 8. The molecule has 0 aromatic heterocycles. The Morgan fingerprint density at radius 1 is 1.14 bits per heavy atom. The van der Waals surface area contributed by atoms with Crippen LogP contribution in [0.4, 0.5) is 0 Å². The summed E-state index contributed by atoms with van der Waals surface area (Å²) >= 11 is 0. The monoisotopic (exact) mass is 491 g/mol. The highest BCUT2D eigenvalue weighted by atomic mass is 16.3. The topological polar surface area (TPSA) is 72.9 Å². The molecule has 1 saturated heterocycles. The molecule has 194 valence electrons. The summed E-state index contributed by atoms with van der Waals surface area (Å²) in [5, 5.41) is 13.3. The van der Waals surface area contributed by atoms with E-state index < -0.39 is 6.04 Å². The van der Waals surface area contributed by atoms with E-state index in [-0.39, 0.29) is 23.6 Å². The molecule has 6 heteroatoms. The second-order valence-corrected chi connectivity index (χ2v) is 10.8. The first-order valence-corrected chi connectivity index (χ1v) is 13.5. The first-order valence-electron chi connectivity index (χ1n) is 13.5. The second-order valence-electron chi connectivity index (χ2n) is 10.8. The summed E-state index contributed by atoms with van der Waals surface area (Å²) in [5.74, 6) is 0.396. The molecule has 2 aromatic rings. The summed E-state index contributed by atoms with van der Waals surface area (Å²) in [5.41, 5.74) is 1.89. The van der Waals surface area contributed by atoms with Gasteiger partial charge in [-0.1, -0.05) is 43.7 Å². The van der Waals surface area contributed by atoms with Crippen LogP contribution in [0.25, 0.3) is 11.1 Å². The highest BCUT2D eigenvalue weighted by Gasteiger charge is 2.42. The largest absolute Gasteiger partial charge is 0.507 e. The third-order valence-electron chi connectivity index (χ3n) is 8.25. The van der Waals surface area contributed by atoms with Gasteiger partial charge < -0.3 is 20.2 Å². The van der Waals surface area contributed by atoms with E-state index in [1.165, 1.54) is 0 Å². The molecule has 1 heterocycles. The van der Waals surface area contributed by atoms with Gasteiger partial charge in [-0.15, -0.1) is 0 Å². The van der Waals surface area contributed by atoms with Gasteiger partial charge in [0.1, 0.15) is 11.8 Å². The molecule has 1 saturated carbocycles. The van der Waals surface area contributed by atoms with Gasteiger partial charge >= 0.3 is 0 Å². The van der Waals surface area contributed by atoms with Crippen molar-refractivity contribution in [2.45, 2.75) is 83.5 Å². The lowest BCUT2D eigenvalue weighted by Gasteiger charge is -2.44. The van der Waals surface area contributed by atoms with Crippen molar-refractivity contribution in [2.24, 2.45) is 5.92 Å². The molecule has 36 heavy (non-hydrogen) atoms. The summed E-state index contributed by atoms with van der Waals surface area (Å²) in [6.45, 7) is 7.41. The summed E-state index contributed by atoms with van der Waals surface area (Å²) in [4.78, 5) is 31.1. The lowest BCUT2D eigenvalue weighted by Crippen LogP contribution is -2.51. The van der Waals surface area contributed by atoms with Gasteiger partial charge in [0.25, 0.3) is 5.91 Å². The van der Waals surface area contributed by atoms with Crippen LogP contribution in [0.1, 0.15) is 69.7 Å². The number of hydrogen-bond donors (Lipinski definition) is 2. The average Bonchev–Trinajstić information content (AvgIpc) is 3.23. The van der Waals surface area contributed by atoms with Crippen LogP contribution in [-0.2, 0) is 4.79 Å². The zero-order valence-electron chi connectivity index (χ0n) is 22.1. The number of carbonyl (C=O) groups excluding carboxylic acids is 2. The molecule has 6 nitrogen and oxygen atoms in total. The van der Waals surface area contributed by atoms with Gasteiger partial charge in [-0.25, -0.2) is 0 Å². The van der Waals surface area contributed by atoms with E-state index in [2.05, 4.69) is 42.9 Å². The van der Waals surface area contributed by atoms with Crippen molar-refractivity contribution in [2.75, 3.05) is 13.6 Å². The lowest BCUT2D eigenvalue weighted by molar-refractivity contribution is -0.133. The quantitative estimate of drug-likeness (QED) is 0.541. The zero-order valence-corrected chi connectivity index (χ0v) is 22.1. The van der Waals surface area contributed by atoms with Crippen LogP contribution < -0.4 is 5.32 Å². The van der Waals surface area contributed by atoms with Crippen LogP contribution in [-0.4, -0.2) is 64.5 Å². The maximum Gasteiger partial charge on any atom is 0.251 e. The Kier molecular flexibility index (Phi) is 8.35. The third kappa shape index (κ3) is 5.59. The fourth-order valence-corrected chi connectivity index (χ4v) is 6.04. The molecular formula is C30H41N3O3. The lowest BCUT2D eigenvalue weighted by atomic mass is 9.77. The summed E-state index contributed by atoms with van der Waals surface area (Å²) in [6, 6.07) is 15.2. The minimum Gasteiger partial charge on any atom is -0.507 e. The number of carbonyl (C=O) groups is 2. The molecule has 1 aliphatic carbocycles. The Morgan fingerprint density at radius 3 is 2.58 bits per heavy atom. The number of phenolic OH excluding ortho intramolecular Hbond substituents is 1. The van der Waals surface area contributed by atoms with Crippen molar-refractivity contribution in [3.8, 4) is 16.9 Å². The molecule has 4 atom stereocenters. The number of amides is 2. The molecule has 2 amide bonds. The molecule has 0 radical (unpaired) electrons. The first kappa shape index (κ1) is 26.2. The van der Waals surface area contributed by atoms with Crippen molar-refractivity contribution >= 4 is 11.8 Å². The van der Waals surface area contributed by atoms with E-state index in [9.17, 15) is 14.7 Å². The molecule has 2 aromatic carbocycles. The van der Waals surface area contributed by atoms with Gasteiger partial charge in [0.05, 0.1) is 0 Å². The molecule has 1 aliphatic heterocycles. The number of phenols is 1. The van der Waals surface area contributed by atoms with Crippen LogP contribution in [0, 0.1) is 5.92 Å². The van der Waals surface area contributed by atoms with Gasteiger partial charge in [0, 0.05) is 35.8 Å². The van der Waals surface area contributed by atoms with Gasteiger partial charge in [-0.2, -0.15) is 0 Å². The summed E-state index contributed by atoms with van der Waals surface area (Å²) in [6.07, 6.45) is 6.14. The fourth-order valence-electron chi connectivity index (χ4n) is 6.04. The van der Waals surface area contributed by atoms with Gasteiger partial charge in [-0.05, 0) is 82.7 Å². The molecule has 2 fully saturated rings.